The van der Waals surface area contributed by atoms with Gasteiger partial charge < -0.3 is 10.2 Å². The lowest BCUT2D eigenvalue weighted by Gasteiger charge is -2.07. The first kappa shape index (κ1) is 11.4. The van der Waals surface area contributed by atoms with Crippen molar-refractivity contribution >= 4 is 16.9 Å². The number of benzene rings is 1. The van der Waals surface area contributed by atoms with Gasteiger partial charge in [-0.1, -0.05) is 12.1 Å². The molecule has 0 saturated carbocycles. The molecule has 1 atom stereocenters. The third kappa shape index (κ3) is 2.06. The first-order valence-corrected chi connectivity index (χ1v) is 5.33. The molecule has 0 aliphatic carbocycles. The lowest BCUT2D eigenvalue weighted by molar-refractivity contribution is -0.119. The predicted octanol–water partition coefficient (Wildman–Crippen LogP) is 1.69. The predicted molar refractivity (Wildman–Crippen MR) is 64.8 cm³/mol. The molecular formula is C13H13NO3. The zero-order valence-electron chi connectivity index (χ0n) is 9.69. The molecule has 1 aromatic heterocycles. The molecule has 1 unspecified atom stereocenters. The summed E-state index contributed by atoms with van der Waals surface area (Å²) in [5, 5.41) is 0.790. The average Bonchev–Trinajstić information content (AvgIpc) is 2.27. The van der Waals surface area contributed by atoms with Crippen molar-refractivity contribution in [3.63, 3.8) is 0 Å². The molecule has 0 fully saturated rings. The second kappa shape index (κ2) is 4.05. The van der Waals surface area contributed by atoms with Gasteiger partial charge >= 0.3 is 5.63 Å². The van der Waals surface area contributed by atoms with Crippen molar-refractivity contribution in [1.82, 2.24) is 0 Å². The Kier molecular flexibility index (Phi) is 2.71. The standard InChI is InChI=1S/C13H13NO3/c1-7-3-4-9-6-10(8(2)12(14)15)13(16)17-11(9)5-7/h3-6,8H,1-2H3,(H2,14,15). The van der Waals surface area contributed by atoms with E-state index >= 15 is 0 Å². The average molecular weight is 231 g/mol. The van der Waals surface area contributed by atoms with Crippen molar-refractivity contribution in [2.24, 2.45) is 5.73 Å². The summed E-state index contributed by atoms with van der Waals surface area (Å²) in [7, 11) is 0. The van der Waals surface area contributed by atoms with Gasteiger partial charge in [0, 0.05) is 5.39 Å². The summed E-state index contributed by atoms with van der Waals surface area (Å²) in [6.07, 6.45) is 0. The molecule has 1 aromatic carbocycles. The molecule has 0 radical (unpaired) electrons. The SMILES string of the molecule is Cc1ccc2cc(C(C)C(N)=O)c(=O)oc2c1. The van der Waals surface area contributed by atoms with Crippen LogP contribution >= 0.6 is 0 Å². The Labute approximate surface area is 98.0 Å². The van der Waals surface area contributed by atoms with Crippen molar-refractivity contribution in [3.8, 4) is 0 Å². The maximum atomic E-state index is 11.7. The quantitative estimate of drug-likeness (QED) is 0.799. The molecular weight excluding hydrogens is 218 g/mol. The molecule has 0 saturated heterocycles. The van der Waals surface area contributed by atoms with Crippen molar-refractivity contribution in [2.75, 3.05) is 0 Å². The second-order valence-electron chi connectivity index (χ2n) is 4.15. The number of rotatable bonds is 2. The van der Waals surface area contributed by atoms with Crippen LogP contribution in [0, 0.1) is 6.92 Å². The van der Waals surface area contributed by atoms with Gasteiger partial charge in [0.25, 0.3) is 0 Å². The highest BCUT2D eigenvalue weighted by molar-refractivity contribution is 5.84. The lowest BCUT2D eigenvalue weighted by atomic mass is 10.0. The first-order chi connectivity index (χ1) is 7.99. The summed E-state index contributed by atoms with van der Waals surface area (Å²) in [5.74, 6) is -1.18. The molecule has 4 nitrogen and oxygen atoms in total. The van der Waals surface area contributed by atoms with E-state index in [0.717, 1.165) is 10.9 Å². The number of amides is 1. The van der Waals surface area contributed by atoms with E-state index in [1.54, 1.807) is 19.1 Å². The molecule has 88 valence electrons. The molecule has 0 spiro atoms. The number of aryl methyl sites for hydroxylation is 1. The van der Waals surface area contributed by atoms with Crippen molar-refractivity contribution in [1.29, 1.82) is 0 Å². The number of primary amides is 1. The van der Waals surface area contributed by atoms with Crippen LogP contribution in [0.1, 0.15) is 24.0 Å². The van der Waals surface area contributed by atoms with Gasteiger partial charge in [0.15, 0.2) is 0 Å². The highest BCUT2D eigenvalue weighted by Gasteiger charge is 2.17. The maximum Gasteiger partial charge on any atom is 0.340 e. The Morgan fingerprint density at radius 2 is 2.06 bits per heavy atom. The van der Waals surface area contributed by atoms with Gasteiger partial charge in [-0.25, -0.2) is 4.79 Å². The van der Waals surface area contributed by atoms with Gasteiger partial charge in [-0.2, -0.15) is 0 Å². The van der Waals surface area contributed by atoms with Crippen molar-refractivity contribution in [3.05, 3.63) is 45.8 Å². The van der Waals surface area contributed by atoms with E-state index in [1.807, 2.05) is 19.1 Å². The van der Waals surface area contributed by atoms with Crippen LogP contribution in [0.3, 0.4) is 0 Å². The molecule has 0 aliphatic heterocycles. The number of nitrogens with two attached hydrogens (primary N) is 1. The van der Waals surface area contributed by atoms with Crippen LogP contribution in [-0.2, 0) is 4.79 Å². The largest absolute Gasteiger partial charge is 0.423 e. The van der Waals surface area contributed by atoms with Gasteiger partial charge in [0.2, 0.25) is 5.91 Å². The molecule has 2 rings (SSSR count). The van der Waals surface area contributed by atoms with Crippen LogP contribution in [0.25, 0.3) is 11.0 Å². The Morgan fingerprint density at radius 3 is 2.71 bits per heavy atom. The summed E-state index contributed by atoms with van der Waals surface area (Å²) in [6, 6.07) is 7.22. The summed E-state index contributed by atoms with van der Waals surface area (Å²) >= 11 is 0. The van der Waals surface area contributed by atoms with E-state index in [9.17, 15) is 9.59 Å². The van der Waals surface area contributed by atoms with E-state index in [-0.39, 0.29) is 0 Å². The number of carbonyl (C=O) groups excluding carboxylic acids is 1. The summed E-state index contributed by atoms with van der Waals surface area (Å²) in [4.78, 5) is 22.8. The van der Waals surface area contributed by atoms with E-state index in [4.69, 9.17) is 10.2 Å². The van der Waals surface area contributed by atoms with E-state index in [0.29, 0.717) is 11.1 Å². The fraction of sp³-hybridized carbons (Fsp3) is 0.231. The van der Waals surface area contributed by atoms with Crippen LogP contribution in [0.15, 0.2) is 33.5 Å². The Morgan fingerprint density at radius 1 is 1.35 bits per heavy atom. The molecule has 1 amide bonds. The minimum atomic E-state index is -0.642. The summed E-state index contributed by atoms with van der Waals surface area (Å²) in [5.41, 5.74) is 6.51. The Hall–Kier alpha value is -2.10. The van der Waals surface area contributed by atoms with E-state index < -0.39 is 17.5 Å². The Bertz CT molecular complexity index is 643. The van der Waals surface area contributed by atoms with Gasteiger partial charge in [0.05, 0.1) is 11.5 Å². The summed E-state index contributed by atoms with van der Waals surface area (Å²) < 4.78 is 5.18. The third-order valence-corrected chi connectivity index (χ3v) is 2.81. The van der Waals surface area contributed by atoms with Crippen LogP contribution in [0.5, 0.6) is 0 Å². The van der Waals surface area contributed by atoms with Gasteiger partial charge in [-0.05, 0) is 31.5 Å². The monoisotopic (exact) mass is 231 g/mol. The van der Waals surface area contributed by atoms with Crippen molar-refractivity contribution < 1.29 is 9.21 Å². The number of hydrogen-bond acceptors (Lipinski definition) is 3. The molecule has 2 N–H and O–H groups in total. The molecule has 4 heteroatoms. The topological polar surface area (TPSA) is 73.3 Å². The molecule has 0 aliphatic rings. The highest BCUT2D eigenvalue weighted by Crippen LogP contribution is 2.19. The minimum absolute atomic E-state index is 0.300. The third-order valence-electron chi connectivity index (χ3n) is 2.81. The zero-order chi connectivity index (χ0) is 12.6. The lowest BCUT2D eigenvalue weighted by Crippen LogP contribution is -2.23. The zero-order valence-corrected chi connectivity index (χ0v) is 9.69. The smallest absolute Gasteiger partial charge is 0.340 e. The second-order valence-corrected chi connectivity index (χ2v) is 4.15. The first-order valence-electron chi connectivity index (χ1n) is 5.33. The van der Waals surface area contributed by atoms with Crippen LogP contribution in [-0.4, -0.2) is 5.91 Å². The Balaban J connectivity index is 2.68. The maximum absolute atomic E-state index is 11.7. The number of fused-ring (bicyclic) bond motifs is 1. The number of carbonyl (C=O) groups is 1. The van der Waals surface area contributed by atoms with Gasteiger partial charge in [-0.15, -0.1) is 0 Å². The van der Waals surface area contributed by atoms with Crippen LogP contribution < -0.4 is 11.4 Å². The van der Waals surface area contributed by atoms with Gasteiger partial charge in [0.1, 0.15) is 5.58 Å². The van der Waals surface area contributed by atoms with Crippen molar-refractivity contribution in [2.45, 2.75) is 19.8 Å². The molecule has 1 heterocycles. The fourth-order valence-electron chi connectivity index (χ4n) is 1.69. The molecule has 0 bridgehead atoms. The van der Waals surface area contributed by atoms with Crippen LogP contribution in [0.4, 0.5) is 0 Å². The highest BCUT2D eigenvalue weighted by atomic mass is 16.4. The van der Waals surface area contributed by atoms with Crippen LogP contribution in [0.2, 0.25) is 0 Å². The van der Waals surface area contributed by atoms with E-state index in [1.165, 1.54) is 0 Å². The molecule has 17 heavy (non-hydrogen) atoms. The summed E-state index contributed by atoms with van der Waals surface area (Å²) in [6.45, 7) is 3.51. The van der Waals surface area contributed by atoms with E-state index in [2.05, 4.69) is 0 Å². The van der Waals surface area contributed by atoms with Gasteiger partial charge in [-0.3, -0.25) is 4.79 Å². The minimum Gasteiger partial charge on any atom is -0.423 e. The molecule has 2 aromatic rings. The number of hydrogen-bond donors (Lipinski definition) is 1. The fourth-order valence-corrected chi connectivity index (χ4v) is 1.69. The normalized spacial score (nSPS) is 12.6.